The number of aromatic nitrogens is 3. The maximum absolute atomic E-state index is 12.7. The summed E-state index contributed by atoms with van der Waals surface area (Å²) >= 11 is 1.25. The lowest BCUT2D eigenvalue weighted by Crippen LogP contribution is -2.49. The van der Waals surface area contributed by atoms with Crippen LogP contribution in [0.5, 0.6) is 0 Å². The largest absolute Gasteiger partial charge is 0.370 e. The van der Waals surface area contributed by atoms with Gasteiger partial charge in [-0.05, 0) is 25.5 Å². The Bertz CT molecular complexity index is 768. The molecule has 2 aromatic heterocycles. The maximum atomic E-state index is 12.7. The second kappa shape index (κ2) is 5.54. The van der Waals surface area contributed by atoms with E-state index >= 15 is 0 Å². The van der Waals surface area contributed by atoms with Gasteiger partial charge in [0.25, 0.3) is 5.91 Å². The average molecular weight is 332 g/mol. The first kappa shape index (κ1) is 14.5. The third-order valence-electron chi connectivity index (χ3n) is 4.38. The molecule has 23 heavy (non-hydrogen) atoms. The van der Waals surface area contributed by atoms with Crippen LogP contribution in [0.15, 0.2) is 18.3 Å². The highest BCUT2D eigenvalue weighted by Gasteiger charge is 2.38. The summed E-state index contributed by atoms with van der Waals surface area (Å²) in [5.74, 6) is -0.0473. The Morgan fingerprint density at radius 1 is 1.35 bits per heavy atom. The summed E-state index contributed by atoms with van der Waals surface area (Å²) in [5, 5.41) is 8.08. The Morgan fingerprint density at radius 2 is 2.17 bits per heavy atom. The highest BCUT2D eigenvalue weighted by molar-refractivity contribution is 7.15. The summed E-state index contributed by atoms with van der Waals surface area (Å²) in [6.07, 6.45) is 2.56. The summed E-state index contributed by atoms with van der Waals surface area (Å²) in [4.78, 5) is 27.1. The zero-order valence-electron chi connectivity index (χ0n) is 12.6. The van der Waals surface area contributed by atoms with Gasteiger partial charge < -0.3 is 9.64 Å². The molecule has 4 heterocycles. The average Bonchev–Trinajstić information content (AvgIpc) is 3.22. The van der Waals surface area contributed by atoms with Gasteiger partial charge in [0.15, 0.2) is 5.78 Å². The summed E-state index contributed by atoms with van der Waals surface area (Å²) < 4.78 is 7.73. The van der Waals surface area contributed by atoms with Crippen LogP contribution in [0.2, 0.25) is 0 Å². The van der Waals surface area contributed by atoms with Crippen LogP contribution in [0.3, 0.4) is 0 Å². The van der Waals surface area contributed by atoms with Gasteiger partial charge in [-0.15, -0.1) is 16.4 Å². The monoisotopic (exact) mass is 332 g/mol. The molecule has 0 radical (unpaired) electrons. The number of carbonyl (C=O) groups is 2. The van der Waals surface area contributed by atoms with Crippen molar-refractivity contribution in [2.24, 2.45) is 0 Å². The van der Waals surface area contributed by atoms with Crippen molar-refractivity contribution in [2.75, 3.05) is 13.1 Å². The Morgan fingerprint density at radius 3 is 2.96 bits per heavy atom. The summed E-state index contributed by atoms with van der Waals surface area (Å²) in [7, 11) is 0. The van der Waals surface area contributed by atoms with E-state index in [4.69, 9.17) is 4.74 Å². The number of ketones is 1. The van der Waals surface area contributed by atoms with Gasteiger partial charge in [-0.1, -0.05) is 5.21 Å². The highest BCUT2D eigenvalue weighted by atomic mass is 32.1. The SMILES string of the molecule is CC(=O)c1ccc(C(=O)N2CC[C@H]3OCc4cnnn4[C@H]3C2)s1. The summed E-state index contributed by atoms with van der Waals surface area (Å²) in [5.41, 5.74) is 0.940. The molecule has 0 aliphatic carbocycles. The van der Waals surface area contributed by atoms with E-state index < -0.39 is 0 Å². The number of piperidine rings is 1. The predicted molar refractivity (Wildman–Crippen MR) is 82.5 cm³/mol. The molecule has 4 rings (SSSR count). The van der Waals surface area contributed by atoms with E-state index in [0.29, 0.717) is 29.5 Å². The van der Waals surface area contributed by atoms with E-state index in [0.717, 1.165) is 12.1 Å². The number of thiophene rings is 1. The topological polar surface area (TPSA) is 77.3 Å². The molecule has 0 aromatic carbocycles. The van der Waals surface area contributed by atoms with Crippen molar-refractivity contribution in [3.63, 3.8) is 0 Å². The second-order valence-electron chi connectivity index (χ2n) is 5.85. The number of likely N-dealkylation sites (tertiary alicyclic amines) is 1. The van der Waals surface area contributed by atoms with Crippen molar-refractivity contribution in [1.29, 1.82) is 0 Å². The number of nitrogens with zero attached hydrogens (tertiary/aromatic N) is 4. The van der Waals surface area contributed by atoms with E-state index in [9.17, 15) is 9.59 Å². The van der Waals surface area contributed by atoms with Crippen molar-refractivity contribution in [3.8, 4) is 0 Å². The third kappa shape index (κ3) is 2.47. The molecule has 0 bridgehead atoms. The molecule has 1 saturated heterocycles. The fraction of sp³-hybridized carbons (Fsp3) is 0.467. The van der Waals surface area contributed by atoms with Crippen LogP contribution in [0.1, 0.15) is 44.4 Å². The molecular weight excluding hydrogens is 316 g/mol. The minimum atomic E-state index is -0.0341. The van der Waals surface area contributed by atoms with E-state index in [1.54, 1.807) is 18.3 Å². The number of amides is 1. The fourth-order valence-electron chi connectivity index (χ4n) is 3.16. The first-order valence-corrected chi connectivity index (χ1v) is 8.36. The molecule has 1 amide bonds. The van der Waals surface area contributed by atoms with Gasteiger partial charge in [0.05, 0.1) is 40.4 Å². The molecule has 1 fully saturated rings. The first-order valence-electron chi connectivity index (χ1n) is 7.54. The van der Waals surface area contributed by atoms with Gasteiger partial charge in [0.2, 0.25) is 0 Å². The van der Waals surface area contributed by atoms with Gasteiger partial charge in [-0.3, -0.25) is 9.59 Å². The van der Waals surface area contributed by atoms with Crippen LogP contribution in [-0.4, -0.2) is 50.8 Å². The molecule has 7 nitrogen and oxygen atoms in total. The summed E-state index contributed by atoms with van der Waals surface area (Å²) in [6.45, 7) is 3.23. The molecule has 2 aliphatic heterocycles. The van der Waals surface area contributed by atoms with Gasteiger partial charge >= 0.3 is 0 Å². The van der Waals surface area contributed by atoms with Crippen LogP contribution in [0, 0.1) is 0 Å². The maximum Gasteiger partial charge on any atom is 0.264 e. The number of rotatable bonds is 2. The van der Waals surface area contributed by atoms with E-state index in [1.807, 2.05) is 9.58 Å². The molecule has 0 spiro atoms. The van der Waals surface area contributed by atoms with Crippen LogP contribution in [0.25, 0.3) is 0 Å². The van der Waals surface area contributed by atoms with Crippen LogP contribution < -0.4 is 0 Å². The predicted octanol–water partition coefficient (Wildman–Crippen LogP) is 1.53. The molecule has 0 N–H and O–H groups in total. The number of Topliss-reactive ketones (excluding diaryl/α,β-unsaturated/α-hetero) is 1. The van der Waals surface area contributed by atoms with E-state index in [1.165, 1.54) is 18.3 Å². The molecule has 8 heteroatoms. The van der Waals surface area contributed by atoms with Crippen LogP contribution in [-0.2, 0) is 11.3 Å². The minimum Gasteiger partial charge on any atom is -0.370 e. The second-order valence-corrected chi connectivity index (χ2v) is 6.93. The van der Waals surface area contributed by atoms with Gasteiger partial charge in [-0.25, -0.2) is 4.68 Å². The molecule has 0 unspecified atom stereocenters. The molecule has 2 atom stereocenters. The number of ether oxygens (including phenoxy) is 1. The summed E-state index contributed by atoms with van der Waals surface area (Å²) in [6, 6.07) is 3.45. The number of carbonyl (C=O) groups excluding carboxylic acids is 2. The van der Waals surface area contributed by atoms with Crippen LogP contribution in [0.4, 0.5) is 0 Å². The molecule has 0 saturated carbocycles. The van der Waals surface area contributed by atoms with Gasteiger partial charge in [0, 0.05) is 13.1 Å². The zero-order valence-corrected chi connectivity index (χ0v) is 13.5. The van der Waals surface area contributed by atoms with Crippen molar-refractivity contribution >= 4 is 23.0 Å². The first-order chi connectivity index (χ1) is 11.1. The van der Waals surface area contributed by atoms with E-state index in [2.05, 4.69) is 10.3 Å². The lowest BCUT2D eigenvalue weighted by atomic mass is 10.0. The Hall–Kier alpha value is -2.06. The number of fused-ring (bicyclic) bond motifs is 3. The lowest BCUT2D eigenvalue weighted by molar-refractivity contribution is -0.0604. The Kier molecular flexibility index (Phi) is 3.50. The van der Waals surface area contributed by atoms with Gasteiger partial charge in [-0.2, -0.15) is 0 Å². The molecule has 2 aliphatic rings. The number of hydrogen-bond acceptors (Lipinski definition) is 6. The standard InChI is InChI=1S/C15H16N4O3S/c1-9(20)13-2-3-14(23-13)15(21)18-5-4-12-11(7-18)19-10(8-22-12)6-16-17-19/h2-3,6,11-12H,4-5,7-8H2,1H3/t11-,12+/m0/s1. The molecular formula is C15H16N4O3S. The van der Waals surface area contributed by atoms with Crippen molar-refractivity contribution < 1.29 is 14.3 Å². The molecule has 120 valence electrons. The van der Waals surface area contributed by atoms with Crippen molar-refractivity contribution in [1.82, 2.24) is 19.9 Å². The lowest BCUT2D eigenvalue weighted by Gasteiger charge is -2.40. The Balaban J connectivity index is 1.55. The van der Waals surface area contributed by atoms with E-state index in [-0.39, 0.29) is 23.8 Å². The normalized spacial score (nSPS) is 23.3. The fourth-order valence-corrected chi connectivity index (χ4v) is 4.03. The quantitative estimate of drug-likeness (QED) is 0.780. The minimum absolute atomic E-state index is 0.00573. The van der Waals surface area contributed by atoms with Crippen molar-refractivity contribution in [2.45, 2.75) is 32.1 Å². The van der Waals surface area contributed by atoms with Gasteiger partial charge in [0.1, 0.15) is 0 Å². The van der Waals surface area contributed by atoms with Crippen molar-refractivity contribution in [3.05, 3.63) is 33.8 Å². The number of hydrogen-bond donors (Lipinski definition) is 0. The smallest absolute Gasteiger partial charge is 0.264 e. The van der Waals surface area contributed by atoms with Crippen LogP contribution >= 0.6 is 11.3 Å². The Labute approximate surface area is 136 Å². The zero-order chi connectivity index (χ0) is 16.0. The third-order valence-corrected chi connectivity index (χ3v) is 5.55. The highest BCUT2D eigenvalue weighted by Crippen LogP contribution is 2.31. The molecule has 2 aromatic rings.